The number of benzene rings is 1. The summed E-state index contributed by atoms with van der Waals surface area (Å²) in [4.78, 5) is 11.3. The Kier molecular flexibility index (Phi) is 3.10. The van der Waals surface area contributed by atoms with Crippen LogP contribution in [0.1, 0.15) is 17.5 Å². The number of ether oxygens (including phenoxy) is 1. The molecule has 0 aromatic heterocycles. The summed E-state index contributed by atoms with van der Waals surface area (Å²) in [5.41, 5.74) is 8.60. The zero-order chi connectivity index (χ0) is 11.5. The summed E-state index contributed by atoms with van der Waals surface area (Å²) < 4.78 is 5.23. The number of amides is 1. The highest BCUT2D eigenvalue weighted by Crippen LogP contribution is 2.32. The molecule has 1 aliphatic heterocycles. The van der Waals surface area contributed by atoms with Gasteiger partial charge in [0.2, 0.25) is 5.91 Å². The van der Waals surface area contributed by atoms with Gasteiger partial charge in [-0.1, -0.05) is 0 Å². The molecule has 0 spiro atoms. The second kappa shape index (κ2) is 4.53. The van der Waals surface area contributed by atoms with Crippen molar-refractivity contribution >= 4 is 11.6 Å². The number of aryl methyl sites for hydroxylation is 1. The van der Waals surface area contributed by atoms with Crippen molar-refractivity contribution in [3.63, 3.8) is 0 Å². The van der Waals surface area contributed by atoms with Crippen molar-refractivity contribution in [1.29, 1.82) is 0 Å². The molecule has 4 heteroatoms. The van der Waals surface area contributed by atoms with Crippen LogP contribution in [0, 0.1) is 0 Å². The molecule has 1 amide bonds. The van der Waals surface area contributed by atoms with E-state index in [2.05, 4.69) is 5.32 Å². The van der Waals surface area contributed by atoms with E-state index in [-0.39, 0.29) is 5.91 Å². The minimum Gasteiger partial charge on any atom is -0.497 e. The van der Waals surface area contributed by atoms with Crippen molar-refractivity contribution in [2.24, 2.45) is 5.73 Å². The summed E-state index contributed by atoms with van der Waals surface area (Å²) in [6.45, 7) is 0.653. The van der Waals surface area contributed by atoms with Gasteiger partial charge in [0, 0.05) is 5.69 Å². The van der Waals surface area contributed by atoms with E-state index < -0.39 is 0 Å². The van der Waals surface area contributed by atoms with Gasteiger partial charge in [-0.3, -0.25) is 4.79 Å². The molecule has 0 saturated heterocycles. The lowest BCUT2D eigenvalue weighted by atomic mass is 10.0. The predicted octanol–water partition coefficient (Wildman–Crippen LogP) is 1.08. The topological polar surface area (TPSA) is 64.3 Å². The number of carbonyl (C=O) groups is 1. The fourth-order valence-corrected chi connectivity index (χ4v) is 2.00. The maximum absolute atomic E-state index is 11.3. The maximum atomic E-state index is 11.3. The molecule has 1 aromatic rings. The van der Waals surface area contributed by atoms with Gasteiger partial charge < -0.3 is 15.8 Å². The molecule has 0 radical (unpaired) electrons. The van der Waals surface area contributed by atoms with Crippen molar-refractivity contribution in [3.05, 3.63) is 23.3 Å². The Balaban J connectivity index is 2.35. The van der Waals surface area contributed by atoms with Crippen LogP contribution in [0.25, 0.3) is 0 Å². The average molecular weight is 220 g/mol. The smallest absolute Gasteiger partial charge is 0.228 e. The largest absolute Gasteiger partial charge is 0.497 e. The Labute approximate surface area is 94.8 Å². The maximum Gasteiger partial charge on any atom is 0.228 e. The third kappa shape index (κ3) is 2.02. The first kappa shape index (κ1) is 11.0. The Bertz CT molecular complexity index is 416. The Morgan fingerprint density at radius 3 is 3.00 bits per heavy atom. The van der Waals surface area contributed by atoms with Gasteiger partial charge in [0.15, 0.2) is 0 Å². The Hall–Kier alpha value is -1.55. The summed E-state index contributed by atoms with van der Waals surface area (Å²) in [5, 5.41) is 2.89. The number of rotatable bonds is 4. The SMILES string of the molecule is COc1cc(CCCN)c2c(c1)CC(=O)N2. The molecule has 0 fully saturated rings. The van der Waals surface area contributed by atoms with E-state index in [1.807, 2.05) is 12.1 Å². The van der Waals surface area contributed by atoms with Gasteiger partial charge in [0.1, 0.15) is 5.75 Å². The molecule has 1 heterocycles. The lowest BCUT2D eigenvalue weighted by molar-refractivity contribution is -0.115. The monoisotopic (exact) mass is 220 g/mol. The molecule has 0 bridgehead atoms. The molecule has 1 aromatic carbocycles. The molecule has 2 rings (SSSR count). The molecule has 0 atom stereocenters. The van der Waals surface area contributed by atoms with Crippen LogP contribution < -0.4 is 15.8 Å². The van der Waals surface area contributed by atoms with Crippen molar-refractivity contribution in [3.8, 4) is 5.75 Å². The molecular weight excluding hydrogens is 204 g/mol. The number of carbonyl (C=O) groups excluding carboxylic acids is 1. The number of nitrogens with one attached hydrogen (secondary N) is 1. The van der Waals surface area contributed by atoms with Crippen LogP contribution in [0.5, 0.6) is 5.75 Å². The normalized spacial score (nSPS) is 13.5. The third-order valence-electron chi connectivity index (χ3n) is 2.78. The summed E-state index contributed by atoms with van der Waals surface area (Å²) in [6.07, 6.45) is 2.23. The van der Waals surface area contributed by atoms with Crippen molar-refractivity contribution in [1.82, 2.24) is 0 Å². The molecule has 0 aliphatic carbocycles. The van der Waals surface area contributed by atoms with E-state index in [0.717, 1.165) is 35.4 Å². The van der Waals surface area contributed by atoms with Crippen molar-refractivity contribution in [2.45, 2.75) is 19.3 Å². The van der Waals surface area contributed by atoms with Gasteiger partial charge >= 0.3 is 0 Å². The first-order valence-electron chi connectivity index (χ1n) is 5.44. The van der Waals surface area contributed by atoms with E-state index in [1.54, 1.807) is 7.11 Å². The van der Waals surface area contributed by atoms with E-state index in [9.17, 15) is 4.79 Å². The molecule has 86 valence electrons. The van der Waals surface area contributed by atoms with Crippen LogP contribution in [0.3, 0.4) is 0 Å². The van der Waals surface area contributed by atoms with Crippen LogP contribution in [0.4, 0.5) is 5.69 Å². The third-order valence-corrected chi connectivity index (χ3v) is 2.78. The zero-order valence-corrected chi connectivity index (χ0v) is 9.38. The highest BCUT2D eigenvalue weighted by atomic mass is 16.5. The second-order valence-electron chi connectivity index (χ2n) is 3.94. The van der Waals surface area contributed by atoms with Gasteiger partial charge in [-0.25, -0.2) is 0 Å². The Morgan fingerprint density at radius 1 is 1.50 bits per heavy atom. The molecule has 16 heavy (non-hydrogen) atoms. The summed E-state index contributed by atoms with van der Waals surface area (Å²) >= 11 is 0. The van der Waals surface area contributed by atoms with Gasteiger partial charge in [-0.15, -0.1) is 0 Å². The van der Waals surface area contributed by atoms with E-state index in [0.29, 0.717) is 13.0 Å². The van der Waals surface area contributed by atoms with Crippen molar-refractivity contribution in [2.75, 3.05) is 19.0 Å². The highest BCUT2D eigenvalue weighted by Gasteiger charge is 2.21. The number of anilines is 1. The van der Waals surface area contributed by atoms with Crippen LogP contribution in [-0.4, -0.2) is 19.6 Å². The van der Waals surface area contributed by atoms with Gasteiger partial charge in [-0.05, 0) is 42.6 Å². The van der Waals surface area contributed by atoms with Gasteiger partial charge in [-0.2, -0.15) is 0 Å². The van der Waals surface area contributed by atoms with Crippen LogP contribution in [0.2, 0.25) is 0 Å². The summed E-state index contributed by atoms with van der Waals surface area (Å²) in [6, 6.07) is 3.89. The number of hydrogen-bond acceptors (Lipinski definition) is 3. The lowest BCUT2D eigenvalue weighted by Crippen LogP contribution is -2.06. The van der Waals surface area contributed by atoms with Crippen LogP contribution in [-0.2, 0) is 17.6 Å². The van der Waals surface area contributed by atoms with E-state index in [4.69, 9.17) is 10.5 Å². The molecule has 0 unspecified atom stereocenters. The minimum atomic E-state index is 0.0530. The van der Waals surface area contributed by atoms with Crippen LogP contribution >= 0.6 is 0 Å². The van der Waals surface area contributed by atoms with Gasteiger partial charge in [0.25, 0.3) is 0 Å². The van der Waals surface area contributed by atoms with Gasteiger partial charge in [0.05, 0.1) is 13.5 Å². The molecule has 4 nitrogen and oxygen atoms in total. The predicted molar refractivity (Wildman–Crippen MR) is 62.7 cm³/mol. The van der Waals surface area contributed by atoms with Crippen molar-refractivity contribution < 1.29 is 9.53 Å². The minimum absolute atomic E-state index is 0.0530. The standard InChI is InChI=1S/C12H16N2O2/c1-16-10-5-8(3-2-4-13)12-9(6-10)7-11(15)14-12/h5-6H,2-4,7,13H2,1H3,(H,14,15). The summed E-state index contributed by atoms with van der Waals surface area (Å²) in [7, 11) is 1.64. The van der Waals surface area contributed by atoms with E-state index in [1.165, 1.54) is 0 Å². The number of hydrogen-bond donors (Lipinski definition) is 2. The molecule has 3 N–H and O–H groups in total. The first-order valence-corrected chi connectivity index (χ1v) is 5.44. The highest BCUT2D eigenvalue weighted by molar-refractivity contribution is 6.00. The fourth-order valence-electron chi connectivity index (χ4n) is 2.00. The number of methoxy groups -OCH3 is 1. The van der Waals surface area contributed by atoms with E-state index >= 15 is 0 Å². The number of fused-ring (bicyclic) bond motifs is 1. The molecule has 1 aliphatic rings. The second-order valence-corrected chi connectivity index (χ2v) is 3.94. The lowest BCUT2D eigenvalue weighted by Gasteiger charge is -2.10. The average Bonchev–Trinajstić information content (AvgIpc) is 2.65. The Morgan fingerprint density at radius 2 is 2.31 bits per heavy atom. The quantitative estimate of drug-likeness (QED) is 0.798. The zero-order valence-electron chi connectivity index (χ0n) is 9.38. The summed E-state index contributed by atoms with van der Waals surface area (Å²) in [5.74, 6) is 0.861. The molecule has 0 saturated carbocycles. The first-order chi connectivity index (χ1) is 7.74. The number of nitrogens with two attached hydrogens (primary N) is 1. The van der Waals surface area contributed by atoms with Crippen LogP contribution in [0.15, 0.2) is 12.1 Å². The molecular formula is C12H16N2O2. The fraction of sp³-hybridized carbons (Fsp3) is 0.417.